The van der Waals surface area contributed by atoms with E-state index in [2.05, 4.69) is 25.7 Å². The van der Waals surface area contributed by atoms with Crippen LogP contribution in [0.5, 0.6) is 0 Å². The molecule has 1 fully saturated rings. The molecule has 0 spiro atoms. The van der Waals surface area contributed by atoms with Crippen LogP contribution in [0.15, 0.2) is 83.4 Å². The molecule has 0 radical (unpaired) electrons. The Morgan fingerprint density at radius 3 is 2.42 bits per heavy atom. The number of hydrogen-bond acceptors (Lipinski definition) is 6. The SMILES string of the molecule is O=C(NCc1ccccc1)c1ccccc1NC(=O)C1CCN(Cc2nc(-c3ccc(Cl)cc3)no2)CC1. The second-order valence-electron chi connectivity index (χ2n) is 9.27. The van der Waals surface area contributed by atoms with Gasteiger partial charge in [-0.2, -0.15) is 4.98 Å². The number of para-hydroxylation sites is 1. The van der Waals surface area contributed by atoms with Crippen molar-refractivity contribution in [2.45, 2.75) is 25.9 Å². The number of piperidine rings is 1. The molecule has 9 heteroatoms. The molecule has 194 valence electrons. The van der Waals surface area contributed by atoms with Gasteiger partial charge in [0.2, 0.25) is 17.6 Å². The highest BCUT2D eigenvalue weighted by Crippen LogP contribution is 2.24. The fourth-order valence-electron chi connectivity index (χ4n) is 4.48. The molecule has 8 nitrogen and oxygen atoms in total. The third-order valence-corrected chi connectivity index (χ3v) is 6.87. The molecule has 0 unspecified atom stereocenters. The number of aromatic nitrogens is 2. The van der Waals surface area contributed by atoms with E-state index in [0.29, 0.717) is 53.9 Å². The molecule has 0 bridgehead atoms. The first-order chi connectivity index (χ1) is 18.5. The van der Waals surface area contributed by atoms with Gasteiger partial charge < -0.3 is 15.2 Å². The van der Waals surface area contributed by atoms with Gasteiger partial charge in [0.05, 0.1) is 17.8 Å². The molecular weight excluding hydrogens is 502 g/mol. The van der Waals surface area contributed by atoms with E-state index < -0.39 is 0 Å². The van der Waals surface area contributed by atoms with Crippen molar-refractivity contribution < 1.29 is 14.1 Å². The van der Waals surface area contributed by atoms with Gasteiger partial charge in [0, 0.05) is 23.0 Å². The van der Waals surface area contributed by atoms with Gasteiger partial charge in [-0.15, -0.1) is 0 Å². The summed E-state index contributed by atoms with van der Waals surface area (Å²) < 4.78 is 5.44. The highest BCUT2D eigenvalue weighted by atomic mass is 35.5. The predicted octanol–water partition coefficient (Wildman–Crippen LogP) is 5.17. The van der Waals surface area contributed by atoms with Gasteiger partial charge in [0.1, 0.15) is 0 Å². The zero-order chi connectivity index (χ0) is 26.3. The first kappa shape index (κ1) is 25.6. The summed E-state index contributed by atoms with van der Waals surface area (Å²) in [6.07, 6.45) is 1.40. The Bertz CT molecular complexity index is 1380. The van der Waals surface area contributed by atoms with Gasteiger partial charge in [-0.1, -0.05) is 59.2 Å². The summed E-state index contributed by atoms with van der Waals surface area (Å²) in [5.74, 6) is 0.623. The lowest BCUT2D eigenvalue weighted by molar-refractivity contribution is -0.121. The predicted molar refractivity (Wildman–Crippen MR) is 145 cm³/mol. The fraction of sp³-hybridized carbons (Fsp3) is 0.241. The van der Waals surface area contributed by atoms with Crippen molar-refractivity contribution in [3.63, 3.8) is 0 Å². The van der Waals surface area contributed by atoms with Crippen LogP contribution in [0.25, 0.3) is 11.4 Å². The molecule has 2 N–H and O–H groups in total. The Kier molecular flexibility index (Phi) is 8.11. The molecule has 0 atom stereocenters. The van der Waals surface area contributed by atoms with Crippen LogP contribution in [-0.2, 0) is 17.9 Å². The van der Waals surface area contributed by atoms with E-state index in [1.807, 2.05) is 48.5 Å². The van der Waals surface area contributed by atoms with Gasteiger partial charge in [0.25, 0.3) is 5.91 Å². The summed E-state index contributed by atoms with van der Waals surface area (Å²) in [7, 11) is 0. The lowest BCUT2D eigenvalue weighted by atomic mass is 9.95. The average Bonchev–Trinajstić information content (AvgIpc) is 3.42. The van der Waals surface area contributed by atoms with Crippen LogP contribution in [-0.4, -0.2) is 39.9 Å². The van der Waals surface area contributed by atoms with Gasteiger partial charge >= 0.3 is 0 Å². The molecule has 2 amide bonds. The average molecular weight is 530 g/mol. The van der Waals surface area contributed by atoms with E-state index in [1.165, 1.54) is 0 Å². The van der Waals surface area contributed by atoms with Crippen LogP contribution in [0.3, 0.4) is 0 Å². The van der Waals surface area contributed by atoms with Gasteiger partial charge in [-0.05, 0) is 67.9 Å². The van der Waals surface area contributed by atoms with Crippen molar-refractivity contribution in [1.82, 2.24) is 20.4 Å². The minimum Gasteiger partial charge on any atom is -0.348 e. The van der Waals surface area contributed by atoms with Gasteiger partial charge in [0.15, 0.2) is 0 Å². The lowest BCUT2D eigenvalue weighted by Gasteiger charge is -2.30. The highest BCUT2D eigenvalue weighted by molar-refractivity contribution is 6.30. The first-order valence-corrected chi connectivity index (χ1v) is 13.0. The second-order valence-corrected chi connectivity index (χ2v) is 9.71. The molecule has 2 heterocycles. The van der Waals surface area contributed by atoms with Crippen LogP contribution < -0.4 is 10.6 Å². The maximum absolute atomic E-state index is 13.1. The quantitative estimate of drug-likeness (QED) is 0.326. The van der Waals surface area contributed by atoms with E-state index in [0.717, 1.165) is 24.2 Å². The summed E-state index contributed by atoms with van der Waals surface area (Å²) in [5.41, 5.74) is 2.82. The van der Waals surface area contributed by atoms with Crippen LogP contribution in [0, 0.1) is 5.92 Å². The molecule has 4 aromatic rings. The van der Waals surface area contributed by atoms with Crippen molar-refractivity contribution >= 4 is 29.1 Å². The summed E-state index contributed by atoms with van der Waals surface area (Å²) in [6, 6.07) is 24.1. The molecule has 0 aliphatic carbocycles. The van der Waals surface area contributed by atoms with E-state index in [-0.39, 0.29) is 17.7 Å². The molecule has 1 aliphatic rings. The van der Waals surface area contributed by atoms with Crippen molar-refractivity contribution in [1.29, 1.82) is 0 Å². The van der Waals surface area contributed by atoms with E-state index >= 15 is 0 Å². The highest BCUT2D eigenvalue weighted by Gasteiger charge is 2.27. The number of nitrogens with zero attached hydrogens (tertiary/aromatic N) is 3. The topological polar surface area (TPSA) is 100 Å². The maximum atomic E-state index is 13.1. The zero-order valence-corrected chi connectivity index (χ0v) is 21.5. The minimum atomic E-state index is -0.225. The number of carbonyl (C=O) groups excluding carboxylic acids is 2. The number of carbonyl (C=O) groups is 2. The van der Waals surface area contributed by atoms with Crippen molar-refractivity contribution in [3.8, 4) is 11.4 Å². The monoisotopic (exact) mass is 529 g/mol. The summed E-state index contributed by atoms with van der Waals surface area (Å²) in [4.78, 5) is 32.6. The van der Waals surface area contributed by atoms with E-state index in [9.17, 15) is 9.59 Å². The third-order valence-electron chi connectivity index (χ3n) is 6.61. The normalized spacial score (nSPS) is 14.2. The van der Waals surface area contributed by atoms with Crippen molar-refractivity contribution in [2.24, 2.45) is 5.92 Å². The lowest BCUT2D eigenvalue weighted by Crippen LogP contribution is -2.38. The summed E-state index contributed by atoms with van der Waals surface area (Å²) >= 11 is 5.95. The molecule has 3 aromatic carbocycles. The Balaban J connectivity index is 1.13. The van der Waals surface area contributed by atoms with Crippen LogP contribution in [0.1, 0.15) is 34.7 Å². The van der Waals surface area contributed by atoms with Crippen LogP contribution in [0.4, 0.5) is 5.69 Å². The maximum Gasteiger partial charge on any atom is 0.253 e. The molecule has 0 saturated carbocycles. The fourth-order valence-corrected chi connectivity index (χ4v) is 4.60. The number of benzene rings is 3. The third kappa shape index (κ3) is 6.45. The minimum absolute atomic E-state index is 0.0734. The Morgan fingerprint density at radius 1 is 0.947 bits per heavy atom. The number of hydrogen-bond donors (Lipinski definition) is 2. The first-order valence-electron chi connectivity index (χ1n) is 12.6. The van der Waals surface area contributed by atoms with Crippen molar-refractivity contribution in [2.75, 3.05) is 18.4 Å². The Hall–Kier alpha value is -4.01. The Labute approximate surface area is 226 Å². The number of likely N-dealkylation sites (tertiary alicyclic amines) is 1. The van der Waals surface area contributed by atoms with Gasteiger partial charge in [-0.3, -0.25) is 14.5 Å². The number of nitrogens with one attached hydrogen (secondary N) is 2. The standard InChI is InChI=1S/C29H28ClN5O3/c30-23-12-10-21(11-13-23)27-33-26(38-34-27)19-35-16-14-22(15-17-35)28(36)32-25-9-5-4-8-24(25)29(37)31-18-20-6-2-1-3-7-20/h1-13,22H,14-19H2,(H,31,37)(H,32,36). The van der Waals surface area contributed by atoms with Crippen LogP contribution >= 0.6 is 11.6 Å². The number of rotatable bonds is 8. The van der Waals surface area contributed by atoms with Crippen molar-refractivity contribution in [3.05, 3.63) is 101 Å². The molecule has 1 aliphatic heterocycles. The summed E-state index contributed by atoms with van der Waals surface area (Å²) in [5, 5.41) is 10.6. The molecular formula is C29H28ClN5O3. The molecule has 38 heavy (non-hydrogen) atoms. The number of amides is 2. The number of anilines is 1. The van der Waals surface area contributed by atoms with Gasteiger partial charge in [-0.25, -0.2) is 0 Å². The molecule has 1 aromatic heterocycles. The number of halogens is 1. The smallest absolute Gasteiger partial charge is 0.253 e. The largest absolute Gasteiger partial charge is 0.348 e. The van der Waals surface area contributed by atoms with E-state index in [1.54, 1.807) is 30.3 Å². The zero-order valence-electron chi connectivity index (χ0n) is 20.8. The molecule has 1 saturated heterocycles. The molecule has 5 rings (SSSR count). The summed E-state index contributed by atoms with van der Waals surface area (Å²) in [6.45, 7) is 2.41. The van der Waals surface area contributed by atoms with Crippen LogP contribution in [0.2, 0.25) is 5.02 Å². The second kappa shape index (κ2) is 12.0. The Morgan fingerprint density at radius 2 is 1.66 bits per heavy atom. The van der Waals surface area contributed by atoms with E-state index in [4.69, 9.17) is 16.1 Å².